The van der Waals surface area contributed by atoms with Gasteiger partial charge in [0, 0.05) is 18.8 Å². The lowest BCUT2D eigenvalue weighted by Crippen LogP contribution is -2.31. The quantitative estimate of drug-likeness (QED) is 0.849. The Bertz CT molecular complexity index is 617. The molecule has 4 nitrogen and oxygen atoms in total. The summed E-state index contributed by atoms with van der Waals surface area (Å²) in [6.07, 6.45) is 1.67. The van der Waals surface area contributed by atoms with Crippen molar-refractivity contribution in [3.63, 3.8) is 0 Å². The Balaban J connectivity index is 2.20. The Morgan fingerprint density at radius 2 is 2.14 bits per heavy atom. The molecule has 0 bridgehead atoms. The zero-order valence-corrected chi connectivity index (χ0v) is 12.0. The van der Waals surface area contributed by atoms with Gasteiger partial charge in [-0.25, -0.2) is 4.39 Å². The van der Waals surface area contributed by atoms with Gasteiger partial charge in [-0.2, -0.15) is 0 Å². The summed E-state index contributed by atoms with van der Waals surface area (Å²) < 4.78 is 18.9. The Hall–Kier alpha value is -2.43. The molecule has 0 aliphatic carbocycles. The fourth-order valence-electron chi connectivity index (χ4n) is 1.98. The van der Waals surface area contributed by atoms with Crippen molar-refractivity contribution in [1.29, 1.82) is 0 Å². The van der Waals surface area contributed by atoms with Crippen LogP contribution in [0.2, 0.25) is 0 Å². The summed E-state index contributed by atoms with van der Waals surface area (Å²) in [6.45, 7) is 2.67. The van der Waals surface area contributed by atoms with Crippen LogP contribution in [0.25, 0.3) is 0 Å². The van der Waals surface area contributed by atoms with Gasteiger partial charge in [-0.1, -0.05) is 6.07 Å². The molecule has 0 unspecified atom stereocenters. The smallest absolute Gasteiger partial charge is 0.257 e. The van der Waals surface area contributed by atoms with Crippen LogP contribution in [-0.4, -0.2) is 29.4 Å². The van der Waals surface area contributed by atoms with E-state index in [1.54, 1.807) is 17.2 Å². The summed E-state index contributed by atoms with van der Waals surface area (Å²) in [7, 11) is 1.45. The van der Waals surface area contributed by atoms with E-state index in [2.05, 4.69) is 4.98 Å². The van der Waals surface area contributed by atoms with Crippen molar-refractivity contribution in [2.24, 2.45) is 0 Å². The summed E-state index contributed by atoms with van der Waals surface area (Å²) in [5.41, 5.74) is 0.801. The van der Waals surface area contributed by atoms with Gasteiger partial charge in [0.05, 0.1) is 24.9 Å². The first kappa shape index (κ1) is 15.0. The van der Waals surface area contributed by atoms with Crippen LogP contribution in [-0.2, 0) is 6.54 Å². The van der Waals surface area contributed by atoms with Crippen molar-refractivity contribution < 1.29 is 13.9 Å². The van der Waals surface area contributed by atoms with Crippen LogP contribution in [0.1, 0.15) is 23.0 Å². The van der Waals surface area contributed by atoms with Crippen molar-refractivity contribution >= 4 is 5.91 Å². The van der Waals surface area contributed by atoms with Crippen LogP contribution < -0.4 is 4.74 Å². The normalized spacial score (nSPS) is 10.2. The minimum Gasteiger partial charge on any atom is -0.497 e. The molecule has 1 aromatic carbocycles. The Kier molecular flexibility index (Phi) is 4.87. The predicted molar refractivity (Wildman–Crippen MR) is 77.6 cm³/mol. The van der Waals surface area contributed by atoms with Crippen LogP contribution in [0.3, 0.4) is 0 Å². The fraction of sp³-hybridized carbons (Fsp3) is 0.250. The number of aromatic nitrogens is 1. The third-order valence-corrected chi connectivity index (χ3v) is 3.15. The number of ether oxygens (including phenoxy) is 1. The molecule has 0 atom stereocenters. The number of methoxy groups -OCH3 is 1. The van der Waals surface area contributed by atoms with Gasteiger partial charge in [0.1, 0.15) is 11.6 Å². The van der Waals surface area contributed by atoms with Crippen LogP contribution in [0.4, 0.5) is 4.39 Å². The van der Waals surface area contributed by atoms with E-state index in [1.165, 1.54) is 19.2 Å². The van der Waals surface area contributed by atoms with Gasteiger partial charge >= 0.3 is 0 Å². The number of pyridine rings is 1. The van der Waals surface area contributed by atoms with Gasteiger partial charge in [-0.05, 0) is 31.2 Å². The van der Waals surface area contributed by atoms with Gasteiger partial charge in [0.15, 0.2) is 0 Å². The minimum absolute atomic E-state index is 0.0357. The van der Waals surface area contributed by atoms with E-state index < -0.39 is 5.82 Å². The van der Waals surface area contributed by atoms with Crippen molar-refractivity contribution in [2.45, 2.75) is 13.5 Å². The molecule has 0 aliphatic rings. The summed E-state index contributed by atoms with van der Waals surface area (Å²) in [5, 5.41) is 0. The van der Waals surface area contributed by atoms with Crippen molar-refractivity contribution in [3.05, 3.63) is 59.7 Å². The van der Waals surface area contributed by atoms with Gasteiger partial charge in [-0.15, -0.1) is 0 Å². The Labute approximate surface area is 123 Å². The summed E-state index contributed by atoms with van der Waals surface area (Å²) in [6, 6.07) is 9.73. The lowest BCUT2D eigenvalue weighted by molar-refractivity contribution is 0.0746. The average molecular weight is 288 g/mol. The highest BCUT2D eigenvalue weighted by molar-refractivity contribution is 5.94. The molecule has 0 spiro atoms. The van der Waals surface area contributed by atoms with E-state index in [9.17, 15) is 9.18 Å². The molecule has 0 radical (unpaired) electrons. The number of amides is 1. The van der Waals surface area contributed by atoms with Crippen LogP contribution >= 0.6 is 0 Å². The number of hydrogen-bond acceptors (Lipinski definition) is 3. The zero-order chi connectivity index (χ0) is 15.2. The maximum atomic E-state index is 14.0. The number of benzene rings is 1. The van der Waals surface area contributed by atoms with Crippen molar-refractivity contribution in [1.82, 2.24) is 9.88 Å². The third-order valence-electron chi connectivity index (χ3n) is 3.15. The molecular weight excluding hydrogens is 271 g/mol. The van der Waals surface area contributed by atoms with Crippen LogP contribution in [0.15, 0.2) is 42.6 Å². The maximum Gasteiger partial charge on any atom is 0.257 e. The molecule has 1 amide bonds. The number of carbonyl (C=O) groups excluding carboxylic acids is 1. The SMILES string of the molecule is CCN(Cc1ccccn1)C(=O)c1ccc(OC)cc1F. The highest BCUT2D eigenvalue weighted by atomic mass is 19.1. The highest BCUT2D eigenvalue weighted by Gasteiger charge is 2.19. The topological polar surface area (TPSA) is 42.4 Å². The first-order valence-electron chi connectivity index (χ1n) is 6.68. The first-order valence-corrected chi connectivity index (χ1v) is 6.68. The second-order valence-electron chi connectivity index (χ2n) is 4.49. The molecule has 2 aromatic rings. The van der Waals surface area contributed by atoms with E-state index >= 15 is 0 Å². The van der Waals surface area contributed by atoms with E-state index in [0.717, 1.165) is 5.69 Å². The molecule has 5 heteroatoms. The number of hydrogen-bond donors (Lipinski definition) is 0. The number of halogens is 1. The van der Waals surface area contributed by atoms with E-state index in [4.69, 9.17) is 4.74 Å². The van der Waals surface area contributed by atoms with Gasteiger partial charge in [0.25, 0.3) is 5.91 Å². The average Bonchev–Trinajstić information content (AvgIpc) is 2.52. The second-order valence-corrected chi connectivity index (χ2v) is 4.49. The zero-order valence-electron chi connectivity index (χ0n) is 12.0. The first-order chi connectivity index (χ1) is 10.2. The molecule has 0 fully saturated rings. The fourth-order valence-corrected chi connectivity index (χ4v) is 1.98. The number of nitrogens with zero attached hydrogens (tertiary/aromatic N) is 2. The predicted octanol–water partition coefficient (Wildman–Crippen LogP) is 2.89. The lowest BCUT2D eigenvalue weighted by atomic mass is 10.1. The van der Waals surface area contributed by atoms with E-state index in [1.807, 2.05) is 25.1 Å². The number of rotatable bonds is 5. The molecule has 110 valence electrons. The molecule has 0 aliphatic heterocycles. The largest absolute Gasteiger partial charge is 0.497 e. The molecule has 0 N–H and O–H groups in total. The molecule has 2 rings (SSSR count). The number of carbonyl (C=O) groups is 1. The van der Waals surface area contributed by atoms with E-state index in [-0.39, 0.29) is 11.5 Å². The molecular formula is C16H17FN2O2. The highest BCUT2D eigenvalue weighted by Crippen LogP contribution is 2.18. The van der Waals surface area contributed by atoms with Gasteiger partial charge in [0.2, 0.25) is 0 Å². The molecule has 0 saturated carbocycles. The van der Waals surface area contributed by atoms with Crippen molar-refractivity contribution in [2.75, 3.05) is 13.7 Å². The molecule has 1 aromatic heterocycles. The van der Waals surface area contributed by atoms with Crippen molar-refractivity contribution in [3.8, 4) is 5.75 Å². The lowest BCUT2D eigenvalue weighted by Gasteiger charge is -2.21. The van der Waals surface area contributed by atoms with Gasteiger partial charge in [-0.3, -0.25) is 9.78 Å². The summed E-state index contributed by atoms with van der Waals surface area (Å²) >= 11 is 0. The minimum atomic E-state index is -0.584. The second kappa shape index (κ2) is 6.83. The Morgan fingerprint density at radius 1 is 1.33 bits per heavy atom. The summed E-state index contributed by atoms with van der Waals surface area (Å²) in [4.78, 5) is 18.2. The monoisotopic (exact) mass is 288 g/mol. The van der Waals surface area contributed by atoms with Crippen LogP contribution in [0, 0.1) is 5.82 Å². The Morgan fingerprint density at radius 3 is 2.71 bits per heavy atom. The van der Waals surface area contributed by atoms with E-state index in [0.29, 0.717) is 18.8 Å². The van der Waals surface area contributed by atoms with Crippen LogP contribution in [0.5, 0.6) is 5.75 Å². The molecule has 0 saturated heterocycles. The third kappa shape index (κ3) is 3.56. The molecule has 1 heterocycles. The maximum absolute atomic E-state index is 14.0. The van der Waals surface area contributed by atoms with Gasteiger partial charge < -0.3 is 9.64 Å². The standard InChI is InChI=1S/C16H17FN2O2/c1-3-19(11-12-6-4-5-9-18-12)16(20)14-8-7-13(21-2)10-15(14)17/h4-10H,3,11H2,1-2H3. The summed E-state index contributed by atoms with van der Waals surface area (Å²) in [5.74, 6) is -0.557. The molecule has 21 heavy (non-hydrogen) atoms.